The first kappa shape index (κ1) is 23.1. The Hall–Kier alpha value is -4.67. The van der Waals surface area contributed by atoms with Gasteiger partial charge in [-0.05, 0) is 29.7 Å². The Morgan fingerprint density at radius 2 is 1.58 bits per heavy atom. The molecular formula is C29H23N5OS. The standard InChI is InChI=1S/C29H23N5OS/c30-18-22-23(20-12-6-2-7-13-20)26-25(34-27(22)31)24(29(36-26)33-21-14-8-3-9-15-21)28(35)32-17-16-19-10-4-1-5-11-19/h1-15,33H,16-17H2,(H2,31,34)(H,32,35). The number of nitriles is 1. The van der Waals surface area contributed by atoms with Crippen LogP contribution in [0.1, 0.15) is 21.5 Å². The number of fused-ring (bicyclic) bond motifs is 1. The van der Waals surface area contributed by atoms with Gasteiger partial charge in [0.25, 0.3) is 5.91 Å². The van der Waals surface area contributed by atoms with Crippen LogP contribution < -0.4 is 16.4 Å². The van der Waals surface area contributed by atoms with Gasteiger partial charge in [-0.15, -0.1) is 11.3 Å². The van der Waals surface area contributed by atoms with E-state index in [1.54, 1.807) is 0 Å². The molecule has 5 rings (SSSR count). The Labute approximate surface area is 213 Å². The van der Waals surface area contributed by atoms with Crippen LogP contribution in [0, 0.1) is 11.3 Å². The van der Waals surface area contributed by atoms with E-state index in [1.165, 1.54) is 11.3 Å². The molecule has 176 valence electrons. The maximum absolute atomic E-state index is 13.5. The number of nitrogen functional groups attached to an aromatic ring is 1. The molecule has 2 aromatic heterocycles. The van der Waals surface area contributed by atoms with Crippen LogP contribution in [0.2, 0.25) is 0 Å². The summed E-state index contributed by atoms with van der Waals surface area (Å²) < 4.78 is 0.735. The molecule has 6 nitrogen and oxygen atoms in total. The maximum atomic E-state index is 13.5. The predicted molar refractivity (Wildman–Crippen MR) is 146 cm³/mol. The van der Waals surface area contributed by atoms with Crippen molar-refractivity contribution >= 4 is 44.0 Å². The SMILES string of the molecule is N#Cc1c(N)nc2c(C(=O)NCCc3ccccc3)c(Nc3ccccc3)sc2c1-c1ccccc1. The van der Waals surface area contributed by atoms with Crippen LogP contribution in [-0.4, -0.2) is 17.4 Å². The van der Waals surface area contributed by atoms with E-state index in [4.69, 9.17) is 5.73 Å². The molecule has 0 aliphatic carbocycles. The van der Waals surface area contributed by atoms with Gasteiger partial charge in [-0.2, -0.15) is 5.26 Å². The van der Waals surface area contributed by atoms with E-state index in [9.17, 15) is 10.1 Å². The molecule has 0 aliphatic rings. The summed E-state index contributed by atoms with van der Waals surface area (Å²) in [6, 6.07) is 31.5. The van der Waals surface area contributed by atoms with Crippen molar-refractivity contribution in [2.24, 2.45) is 0 Å². The fraction of sp³-hybridized carbons (Fsp3) is 0.0690. The Bertz CT molecular complexity index is 1560. The number of carbonyl (C=O) groups excluding carboxylic acids is 1. The molecular weight excluding hydrogens is 466 g/mol. The molecule has 0 saturated heterocycles. The fourth-order valence-electron chi connectivity index (χ4n) is 4.11. The second kappa shape index (κ2) is 10.3. The number of hydrogen-bond donors (Lipinski definition) is 3. The van der Waals surface area contributed by atoms with Gasteiger partial charge in [0.1, 0.15) is 28.0 Å². The molecule has 0 atom stereocenters. The van der Waals surface area contributed by atoms with E-state index in [0.29, 0.717) is 40.2 Å². The van der Waals surface area contributed by atoms with Crippen molar-refractivity contribution in [2.75, 3.05) is 17.6 Å². The molecule has 5 aromatic rings. The molecule has 0 saturated carbocycles. The molecule has 0 spiro atoms. The number of amides is 1. The van der Waals surface area contributed by atoms with Gasteiger partial charge in [0.05, 0.1) is 10.2 Å². The number of benzene rings is 3. The van der Waals surface area contributed by atoms with Crippen LogP contribution in [0.3, 0.4) is 0 Å². The van der Waals surface area contributed by atoms with Crippen LogP contribution in [0.15, 0.2) is 91.0 Å². The summed E-state index contributed by atoms with van der Waals surface area (Å²) in [5.41, 5.74) is 11.0. The van der Waals surface area contributed by atoms with Crippen molar-refractivity contribution in [1.29, 1.82) is 5.26 Å². The lowest BCUT2D eigenvalue weighted by atomic mass is 10.00. The van der Waals surface area contributed by atoms with Gasteiger partial charge in [0, 0.05) is 17.8 Å². The zero-order chi connectivity index (χ0) is 24.9. The van der Waals surface area contributed by atoms with E-state index in [-0.39, 0.29) is 11.7 Å². The zero-order valence-corrected chi connectivity index (χ0v) is 20.2. The van der Waals surface area contributed by atoms with E-state index >= 15 is 0 Å². The van der Waals surface area contributed by atoms with Crippen LogP contribution in [-0.2, 0) is 6.42 Å². The molecule has 4 N–H and O–H groups in total. The maximum Gasteiger partial charge on any atom is 0.256 e. The van der Waals surface area contributed by atoms with E-state index in [1.807, 2.05) is 91.0 Å². The molecule has 1 amide bonds. The number of hydrogen-bond acceptors (Lipinski definition) is 6. The second-order valence-electron chi connectivity index (χ2n) is 8.19. The lowest BCUT2D eigenvalue weighted by Crippen LogP contribution is -2.26. The van der Waals surface area contributed by atoms with Gasteiger partial charge in [-0.1, -0.05) is 78.9 Å². The lowest BCUT2D eigenvalue weighted by molar-refractivity contribution is 0.0957. The first-order chi connectivity index (χ1) is 17.7. The van der Waals surface area contributed by atoms with Crippen molar-refractivity contribution in [3.63, 3.8) is 0 Å². The van der Waals surface area contributed by atoms with Crippen molar-refractivity contribution in [3.05, 3.63) is 108 Å². The largest absolute Gasteiger partial charge is 0.383 e. The molecule has 0 aliphatic heterocycles. The van der Waals surface area contributed by atoms with Crippen molar-refractivity contribution in [3.8, 4) is 17.2 Å². The third-order valence-electron chi connectivity index (χ3n) is 5.82. The molecule has 0 unspecified atom stereocenters. The van der Waals surface area contributed by atoms with Gasteiger partial charge in [0.15, 0.2) is 0 Å². The quantitative estimate of drug-likeness (QED) is 0.255. The van der Waals surface area contributed by atoms with Gasteiger partial charge < -0.3 is 16.4 Å². The first-order valence-electron chi connectivity index (χ1n) is 11.5. The molecule has 36 heavy (non-hydrogen) atoms. The molecule has 0 fully saturated rings. The number of carbonyl (C=O) groups is 1. The topological polar surface area (TPSA) is 104 Å². The Kier molecular flexibility index (Phi) is 6.61. The summed E-state index contributed by atoms with van der Waals surface area (Å²) in [6.07, 6.45) is 0.708. The number of nitrogens with zero attached hydrogens (tertiary/aromatic N) is 2. The van der Waals surface area contributed by atoms with Gasteiger partial charge in [-0.3, -0.25) is 4.79 Å². The number of rotatable bonds is 7. The summed E-state index contributed by atoms with van der Waals surface area (Å²) in [5.74, 6) is -0.141. The monoisotopic (exact) mass is 489 g/mol. The normalized spacial score (nSPS) is 10.6. The molecule has 0 radical (unpaired) electrons. The summed E-state index contributed by atoms with van der Waals surface area (Å²) in [4.78, 5) is 18.1. The average Bonchev–Trinajstić information content (AvgIpc) is 3.26. The Balaban J connectivity index is 1.62. The van der Waals surface area contributed by atoms with Crippen molar-refractivity contribution in [2.45, 2.75) is 6.42 Å². The van der Waals surface area contributed by atoms with E-state index in [2.05, 4.69) is 21.7 Å². The molecule has 3 aromatic carbocycles. The Morgan fingerprint density at radius 1 is 0.944 bits per heavy atom. The smallest absolute Gasteiger partial charge is 0.256 e. The van der Waals surface area contributed by atoms with Crippen LogP contribution in [0.4, 0.5) is 16.5 Å². The number of pyridine rings is 1. The number of aromatic nitrogens is 1. The highest BCUT2D eigenvalue weighted by molar-refractivity contribution is 7.24. The number of para-hydroxylation sites is 1. The number of nitrogens with one attached hydrogen (secondary N) is 2. The van der Waals surface area contributed by atoms with Crippen molar-refractivity contribution in [1.82, 2.24) is 10.3 Å². The molecule has 7 heteroatoms. The summed E-state index contributed by atoms with van der Waals surface area (Å²) in [6.45, 7) is 0.474. The highest BCUT2D eigenvalue weighted by Crippen LogP contribution is 2.44. The van der Waals surface area contributed by atoms with E-state index in [0.717, 1.165) is 21.5 Å². The number of nitrogens with two attached hydrogens (primary N) is 1. The minimum atomic E-state index is -0.244. The molecule has 2 heterocycles. The average molecular weight is 490 g/mol. The molecule has 0 bridgehead atoms. The third kappa shape index (κ3) is 4.63. The summed E-state index contributed by atoms with van der Waals surface area (Å²) in [7, 11) is 0. The predicted octanol–water partition coefficient (Wildman–Crippen LogP) is 6.13. The van der Waals surface area contributed by atoms with Crippen LogP contribution in [0.25, 0.3) is 21.3 Å². The van der Waals surface area contributed by atoms with E-state index < -0.39 is 0 Å². The lowest BCUT2D eigenvalue weighted by Gasteiger charge is -2.10. The number of anilines is 3. The van der Waals surface area contributed by atoms with Crippen LogP contribution >= 0.6 is 11.3 Å². The minimum Gasteiger partial charge on any atom is -0.383 e. The first-order valence-corrected chi connectivity index (χ1v) is 12.3. The highest BCUT2D eigenvalue weighted by atomic mass is 32.1. The third-order valence-corrected chi connectivity index (χ3v) is 6.94. The summed E-state index contributed by atoms with van der Waals surface area (Å²) >= 11 is 1.40. The second-order valence-corrected chi connectivity index (χ2v) is 9.21. The minimum absolute atomic E-state index is 0.103. The fourth-order valence-corrected chi connectivity index (χ4v) is 5.35. The zero-order valence-electron chi connectivity index (χ0n) is 19.4. The number of thiophene rings is 1. The van der Waals surface area contributed by atoms with Gasteiger partial charge in [0.2, 0.25) is 0 Å². The van der Waals surface area contributed by atoms with Crippen LogP contribution in [0.5, 0.6) is 0 Å². The Morgan fingerprint density at radius 3 is 2.25 bits per heavy atom. The van der Waals surface area contributed by atoms with Gasteiger partial charge >= 0.3 is 0 Å². The summed E-state index contributed by atoms with van der Waals surface area (Å²) in [5, 5.41) is 17.0. The van der Waals surface area contributed by atoms with Gasteiger partial charge in [-0.25, -0.2) is 4.98 Å². The highest BCUT2D eigenvalue weighted by Gasteiger charge is 2.26. The van der Waals surface area contributed by atoms with Crippen molar-refractivity contribution < 1.29 is 4.79 Å².